The first-order valence-corrected chi connectivity index (χ1v) is 7.79. The minimum absolute atomic E-state index is 0.190. The summed E-state index contributed by atoms with van der Waals surface area (Å²) in [5.74, 6) is -1.59. The highest BCUT2D eigenvalue weighted by molar-refractivity contribution is 5.97. The maximum absolute atomic E-state index is 13.8. The van der Waals surface area contributed by atoms with Crippen molar-refractivity contribution >= 4 is 17.7 Å². The maximum atomic E-state index is 13.8. The smallest absolute Gasteiger partial charge is 0.342 e. The summed E-state index contributed by atoms with van der Waals surface area (Å²) in [4.78, 5) is 24.9. The molecule has 3 aromatic rings. The van der Waals surface area contributed by atoms with Gasteiger partial charge in [0.25, 0.3) is 5.91 Å². The highest BCUT2D eigenvalue weighted by Gasteiger charge is 2.27. The van der Waals surface area contributed by atoms with Gasteiger partial charge in [-0.1, -0.05) is 47.6 Å². The zero-order valence-corrected chi connectivity index (χ0v) is 13.8. The molecule has 0 aliphatic rings. The molecule has 1 unspecified atom stereocenters. The van der Waals surface area contributed by atoms with Gasteiger partial charge >= 0.3 is 5.97 Å². The first kappa shape index (κ1) is 17.3. The van der Waals surface area contributed by atoms with Gasteiger partial charge in [-0.15, -0.1) is 0 Å². The van der Waals surface area contributed by atoms with E-state index in [0.717, 1.165) is 6.07 Å². The zero-order chi connectivity index (χ0) is 18.5. The second-order valence-electron chi connectivity index (χ2n) is 5.49. The van der Waals surface area contributed by atoms with Crippen LogP contribution in [-0.2, 0) is 9.53 Å². The Morgan fingerprint density at radius 1 is 1.12 bits per heavy atom. The van der Waals surface area contributed by atoms with E-state index in [2.05, 4.69) is 10.5 Å². The molecule has 6 nitrogen and oxygen atoms in total. The standard InChI is InChI=1S/C19H15FN2O4/c1-12-11-16(22-26-12)21-18(23)17(13-7-3-2-4-8-13)25-19(24)14-9-5-6-10-15(14)20/h2-11,17H,1H3,(H,21,22,23). The van der Waals surface area contributed by atoms with Gasteiger partial charge in [-0.25, -0.2) is 9.18 Å². The van der Waals surface area contributed by atoms with Gasteiger partial charge in [0.05, 0.1) is 5.56 Å². The topological polar surface area (TPSA) is 81.4 Å². The van der Waals surface area contributed by atoms with E-state index in [9.17, 15) is 14.0 Å². The van der Waals surface area contributed by atoms with E-state index in [0.29, 0.717) is 11.3 Å². The van der Waals surface area contributed by atoms with Crippen LogP contribution in [0.15, 0.2) is 65.2 Å². The van der Waals surface area contributed by atoms with Gasteiger partial charge < -0.3 is 14.6 Å². The molecular formula is C19H15FN2O4. The van der Waals surface area contributed by atoms with Gasteiger partial charge in [0.15, 0.2) is 5.82 Å². The fourth-order valence-electron chi connectivity index (χ4n) is 2.32. The Morgan fingerprint density at radius 3 is 2.46 bits per heavy atom. The lowest BCUT2D eigenvalue weighted by Gasteiger charge is -2.17. The molecule has 0 radical (unpaired) electrons. The molecule has 26 heavy (non-hydrogen) atoms. The second kappa shape index (κ2) is 7.60. The molecule has 2 aromatic carbocycles. The predicted molar refractivity (Wildman–Crippen MR) is 90.9 cm³/mol. The summed E-state index contributed by atoms with van der Waals surface area (Å²) in [5.41, 5.74) is 0.188. The second-order valence-corrected chi connectivity index (χ2v) is 5.49. The minimum Gasteiger partial charge on any atom is -0.444 e. The Hall–Kier alpha value is -3.48. The number of amides is 1. The molecule has 132 valence electrons. The van der Waals surface area contributed by atoms with Crippen LogP contribution in [0.3, 0.4) is 0 Å². The average molecular weight is 354 g/mol. The van der Waals surface area contributed by atoms with Crippen molar-refractivity contribution in [2.45, 2.75) is 13.0 Å². The lowest BCUT2D eigenvalue weighted by atomic mass is 10.1. The number of anilines is 1. The normalized spacial score (nSPS) is 11.6. The van der Waals surface area contributed by atoms with Crippen LogP contribution in [0.25, 0.3) is 0 Å². The van der Waals surface area contributed by atoms with Crippen molar-refractivity contribution in [3.8, 4) is 0 Å². The highest BCUT2D eigenvalue weighted by Crippen LogP contribution is 2.22. The molecular weight excluding hydrogens is 339 g/mol. The van der Waals surface area contributed by atoms with Crippen molar-refractivity contribution in [3.05, 3.63) is 83.4 Å². The monoisotopic (exact) mass is 354 g/mol. The molecule has 1 aromatic heterocycles. The molecule has 1 N–H and O–H groups in total. The van der Waals surface area contributed by atoms with Crippen molar-refractivity contribution < 1.29 is 23.2 Å². The van der Waals surface area contributed by atoms with Gasteiger partial charge in [0.1, 0.15) is 11.6 Å². The third kappa shape index (κ3) is 3.94. The minimum atomic E-state index is -1.28. The number of hydrogen-bond donors (Lipinski definition) is 1. The van der Waals surface area contributed by atoms with Crippen molar-refractivity contribution in [1.29, 1.82) is 0 Å². The Labute approximate surface area is 148 Å². The Morgan fingerprint density at radius 2 is 1.81 bits per heavy atom. The highest BCUT2D eigenvalue weighted by atomic mass is 19.1. The quantitative estimate of drug-likeness (QED) is 0.707. The van der Waals surface area contributed by atoms with Crippen molar-refractivity contribution in [2.75, 3.05) is 5.32 Å². The van der Waals surface area contributed by atoms with Crippen molar-refractivity contribution in [3.63, 3.8) is 0 Å². The largest absolute Gasteiger partial charge is 0.444 e. The summed E-state index contributed by atoms with van der Waals surface area (Å²) in [6.45, 7) is 1.68. The Balaban J connectivity index is 1.85. The molecule has 0 aliphatic carbocycles. The SMILES string of the molecule is Cc1cc(NC(=O)C(OC(=O)c2ccccc2F)c2ccccc2)no1. The molecule has 0 saturated heterocycles. The van der Waals surface area contributed by atoms with E-state index < -0.39 is 23.8 Å². The number of rotatable bonds is 5. The molecule has 0 bridgehead atoms. The van der Waals surface area contributed by atoms with Crippen LogP contribution < -0.4 is 5.32 Å². The van der Waals surface area contributed by atoms with E-state index in [1.807, 2.05) is 0 Å². The fraction of sp³-hybridized carbons (Fsp3) is 0.105. The molecule has 1 atom stereocenters. The van der Waals surface area contributed by atoms with Gasteiger partial charge in [-0.3, -0.25) is 4.79 Å². The summed E-state index contributed by atoms with van der Waals surface area (Å²) >= 11 is 0. The van der Waals surface area contributed by atoms with Crippen LogP contribution >= 0.6 is 0 Å². The number of aromatic nitrogens is 1. The fourth-order valence-corrected chi connectivity index (χ4v) is 2.32. The van der Waals surface area contributed by atoms with Crippen LogP contribution in [0, 0.1) is 12.7 Å². The number of esters is 1. The number of nitrogens with zero attached hydrogens (tertiary/aromatic N) is 1. The van der Waals surface area contributed by atoms with E-state index in [1.165, 1.54) is 24.3 Å². The summed E-state index contributed by atoms with van der Waals surface area (Å²) in [6, 6.07) is 15.4. The summed E-state index contributed by atoms with van der Waals surface area (Å²) < 4.78 is 24.0. The van der Waals surface area contributed by atoms with E-state index in [1.54, 1.807) is 37.3 Å². The molecule has 1 amide bonds. The van der Waals surface area contributed by atoms with Crippen LogP contribution in [0.1, 0.15) is 27.8 Å². The lowest BCUT2D eigenvalue weighted by Crippen LogP contribution is -2.26. The van der Waals surface area contributed by atoms with Crippen LogP contribution in [0.2, 0.25) is 0 Å². The van der Waals surface area contributed by atoms with Crippen molar-refractivity contribution in [1.82, 2.24) is 5.16 Å². The molecule has 7 heteroatoms. The molecule has 0 aliphatic heterocycles. The number of aryl methyl sites for hydroxylation is 1. The summed E-state index contributed by atoms with van der Waals surface area (Å²) in [6.07, 6.45) is -1.28. The molecule has 3 rings (SSSR count). The zero-order valence-electron chi connectivity index (χ0n) is 13.8. The number of halogens is 1. The van der Waals surface area contributed by atoms with Crippen LogP contribution in [0.5, 0.6) is 0 Å². The maximum Gasteiger partial charge on any atom is 0.342 e. The van der Waals surface area contributed by atoms with Crippen molar-refractivity contribution in [2.24, 2.45) is 0 Å². The molecule has 0 spiro atoms. The van der Waals surface area contributed by atoms with Crippen LogP contribution in [0.4, 0.5) is 10.2 Å². The van der Waals surface area contributed by atoms with E-state index in [-0.39, 0.29) is 11.4 Å². The molecule has 0 fully saturated rings. The van der Waals surface area contributed by atoms with Gasteiger partial charge in [0, 0.05) is 11.6 Å². The average Bonchev–Trinajstić information content (AvgIpc) is 3.05. The number of carbonyl (C=O) groups is 2. The van der Waals surface area contributed by atoms with Crippen LogP contribution in [-0.4, -0.2) is 17.0 Å². The van der Waals surface area contributed by atoms with Gasteiger partial charge in [-0.2, -0.15) is 0 Å². The first-order valence-electron chi connectivity index (χ1n) is 7.79. The third-order valence-electron chi connectivity index (χ3n) is 3.54. The molecule has 0 saturated carbocycles. The summed E-state index contributed by atoms with van der Waals surface area (Å²) in [7, 11) is 0. The first-order chi connectivity index (χ1) is 12.5. The Kier molecular flexibility index (Phi) is 5.07. The Bertz CT molecular complexity index is 924. The van der Waals surface area contributed by atoms with E-state index >= 15 is 0 Å². The van der Waals surface area contributed by atoms with Gasteiger partial charge in [0.2, 0.25) is 6.10 Å². The number of benzene rings is 2. The summed E-state index contributed by atoms with van der Waals surface area (Å²) in [5, 5.41) is 6.19. The number of carbonyl (C=O) groups excluding carboxylic acids is 2. The predicted octanol–water partition coefficient (Wildman–Crippen LogP) is 3.66. The molecule has 1 heterocycles. The lowest BCUT2D eigenvalue weighted by molar-refractivity contribution is -0.125. The number of hydrogen-bond acceptors (Lipinski definition) is 5. The van der Waals surface area contributed by atoms with Gasteiger partial charge in [-0.05, 0) is 19.1 Å². The number of ether oxygens (including phenoxy) is 1. The third-order valence-corrected chi connectivity index (χ3v) is 3.54. The van der Waals surface area contributed by atoms with E-state index in [4.69, 9.17) is 9.26 Å². The number of nitrogens with one attached hydrogen (secondary N) is 1.